The third kappa shape index (κ3) is 4.48. The van der Waals surface area contributed by atoms with Crippen LogP contribution in [0.3, 0.4) is 0 Å². The Kier molecular flexibility index (Phi) is 5.62. The van der Waals surface area contributed by atoms with Crippen molar-refractivity contribution in [2.75, 3.05) is 18.4 Å². The number of piperidine rings is 1. The first-order chi connectivity index (χ1) is 14.1. The van der Waals surface area contributed by atoms with Gasteiger partial charge in [0.15, 0.2) is 5.76 Å². The second kappa shape index (κ2) is 8.48. The summed E-state index contributed by atoms with van der Waals surface area (Å²) in [5.41, 5.74) is 3.97. The number of carbonyl (C=O) groups excluding carboxylic acids is 1. The van der Waals surface area contributed by atoms with Crippen LogP contribution in [0.15, 0.2) is 40.9 Å². The van der Waals surface area contributed by atoms with Gasteiger partial charge >= 0.3 is 6.03 Å². The number of nitrogens with zero attached hydrogens (tertiary/aromatic N) is 3. The quantitative estimate of drug-likeness (QED) is 0.618. The Hall–Kier alpha value is -3.13. The summed E-state index contributed by atoms with van der Waals surface area (Å²) in [6.07, 6.45) is 2.12. The van der Waals surface area contributed by atoms with Crippen LogP contribution in [0.4, 0.5) is 10.6 Å². The lowest BCUT2D eigenvalue weighted by Gasteiger charge is -2.19. The Bertz CT molecular complexity index is 987. The van der Waals surface area contributed by atoms with Crippen molar-refractivity contribution in [3.63, 3.8) is 0 Å². The zero-order valence-electron chi connectivity index (χ0n) is 16.7. The normalized spacial score (nSPS) is 14.7. The minimum atomic E-state index is -0.316. The van der Waals surface area contributed by atoms with Gasteiger partial charge in [-0.05, 0) is 38.4 Å². The molecule has 0 radical (unpaired) electrons. The number of aryl methyl sites for hydroxylation is 2. The minimum Gasteiger partial charge on any atom is -0.359 e. The third-order valence-electron chi connectivity index (χ3n) is 5.30. The van der Waals surface area contributed by atoms with E-state index in [0.717, 1.165) is 48.4 Å². The fourth-order valence-corrected chi connectivity index (χ4v) is 3.63. The summed E-state index contributed by atoms with van der Waals surface area (Å²) in [5.74, 6) is 1.70. The van der Waals surface area contributed by atoms with Gasteiger partial charge in [-0.15, -0.1) is 0 Å². The molecule has 0 atom stereocenters. The lowest BCUT2D eigenvalue weighted by Crippen LogP contribution is -2.29. The van der Waals surface area contributed by atoms with Crippen molar-refractivity contribution in [1.29, 1.82) is 0 Å². The molecule has 1 fully saturated rings. The second-order valence-electron chi connectivity index (χ2n) is 7.40. The molecular weight excluding hydrogens is 368 g/mol. The van der Waals surface area contributed by atoms with E-state index in [1.165, 1.54) is 0 Å². The van der Waals surface area contributed by atoms with Crippen molar-refractivity contribution in [2.24, 2.45) is 7.05 Å². The van der Waals surface area contributed by atoms with Gasteiger partial charge in [0.1, 0.15) is 5.82 Å². The fourth-order valence-electron chi connectivity index (χ4n) is 3.63. The highest BCUT2D eigenvalue weighted by atomic mass is 16.5. The van der Waals surface area contributed by atoms with Gasteiger partial charge in [0.05, 0.1) is 17.9 Å². The van der Waals surface area contributed by atoms with Gasteiger partial charge in [0.2, 0.25) is 0 Å². The Morgan fingerprint density at radius 3 is 2.86 bits per heavy atom. The molecule has 0 saturated carbocycles. The van der Waals surface area contributed by atoms with Crippen molar-refractivity contribution in [3.8, 4) is 11.3 Å². The number of rotatable bonds is 5. The maximum atomic E-state index is 12.3. The first kappa shape index (κ1) is 19.2. The van der Waals surface area contributed by atoms with Crippen LogP contribution in [-0.2, 0) is 13.6 Å². The number of benzene rings is 1. The summed E-state index contributed by atoms with van der Waals surface area (Å²) < 4.78 is 7.04. The maximum absolute atomic E-state index is 12.3. The number of hydrogen-bond acceptors (Lipinski definition) is 5. The SMILES string of the molecule is Cc1ccccc1-c1cc(NC(=O)NCc2cc(C3CCNCC3)no2)n(C)n1. The lowest BCUT2D eigenvalue weighted by atomic mass is 9.95. The molecule has 2 aromatic heterocycles. The van der Waals surface area contributed by atoms with Crippen molar-refractivity contribution in [2.45, 2.75) is 32.2 Å². The predicted octanol–water partition coefficient (Wildman–Crippen LogP) is 3.17. The number of amides is 2. The highest BCUT2D eigenvalue weighted by Gasteiger charge is 2.19. The molecule has 2 amide bonds. The summed E-state index contributed by atoms with van der Waals surface area (Å²) in [5, 5.41) is 17.7. The van der Waals surface area contributed by atoms with Crippen LogP contribution in [0.25, 0.3) is 11.3 Å². The van der Waals surface area contributed by atoms with Gasteiger partial charge in [-0.25, -0.2) is 4.79 Å². The maximum Gasteiger partial charge on any atom is 0.320 e. The highest BCUT2D eigenvalue weighted by Crippen LogP contribution is 2.25. The number of urea groups is 1. The third-order valence-corrected chi connectivity index (χ3v) is 5.30. The fraction of sp³-hybridized carbons (Fsp3) is 0.381. The molecule has 1 aromatic carbocycles. The lowest BCUT2D eigenvalue weighted by molar-refractivity contribution is 0.249. The Morgan fingerprint density at radius 2 is 2.07 bits per heavy atom. The van der Waals surface area contributed by atoms with Crippen LogP contribution in [0.1, 0.15) is 35.8 Å². The van der Waals surface area contributed by atoms with E-state index < -0.39 is 0 Å². The molecular formula is C21H26N6O2. The largest absolute Gasteiger partial charge is 0.359 e. The molecule has 0 spiro atoms. The van der Waals surface area contributed by atoms with Crippen LogP contribution < -0.4 is 16.0 Å². The molecule has 3 heterocycles. The molecule has 3 N–H and O–H groups in total. The van der Waals surface area contributed by atoms with Crippen LogP contribution >= 0.6 is 0 Å². The molecule has 1 aliphatic rings. The first-order valence-corrected chi connectivity index (χ1v) is 9.91. The summed E-state index contributed by atoms with van der Waals surface area (Å²) in [4.78, 5) is 12.3. The van der Waals surface area contributed by atoms with Crippen molar-refractivity contribution >= 4 is 11.8 Å². The number of nitrogens with one attached hydrogen (secondary N) is 3. The van der Waals surface area contributed by atoms with Gasteiger partial charge in [-0.3, -0.25) is 10.00 Å². The van der Waals surface area contributed by atoms with E-state index in [-0.39, 0.29) is 12.6 Å². The summed E-state index contributed by atoms with van der Waals surface area (Å²) >= 11 is 0. The Morgan fingerprint density at radius 1 is 1.28 bits per heavy atom. The number of hydrogen-bond donors (Lipinski definition) is 3. The summed E-state index contributed by atoms with van der Waals surface area (Å²) in [6, 6.07) is 11.5. The van der Waals surface area contributed by atoms with Crippen LogP contribution in [0.5, 0.6) is 0 Å². The zero-order valence-corrected chi connectivity index (χ0v) is 16.7. The minimum absolute atomic E-state index is 0.284. The van der Waals surface area contributed by atoms with E-state index in [0.29, 0.717) is 17.5 Å². The molecule has 1 saturated heterocycles. The molecule has 3 aromatic rings. The van der Waals surface area contributed by atoms with E-state index in [1.807, 2.05) is 43.3 Å². The molecule has 0 unspecified atom stereocenters. The number of aromatic nitrogens is 3. The Labute approximate surface area is 169 Å². The van der Waals surface area contributed by atoms with Crippen molar-refractivity contribution in [3.05, 3.63) is 53.4 Å². The van der Waals surface area contributed by atoms with Crippen LogP contribution in [0, 0.1) is 6.92 Å². The summed E-state index contributed by atoms with van der Waals surface area (Å²) in [7, 11) is 1.80. The zero-order chi connectivity index (χ0) is 20.2. The van der Waals surface area contributed by atoms with Gasteiger partial charge < -0.3 is 15.2 Å². The van der Waals surface area contributed by atoms with Gasteiger partial charge in [-0.1, -0.05) is 29.4 Å². The van der Waals surface area contributed by atoms with Crippen molar-refractivity contribution < 1.29 is 9.32 Å². The van der Waals surface area contributed by atoms with Gasteiger partial charge in [0, 0.05) is 30.7 Å². The monoisotopic (exact) mass is 394 g/mol. The van der Waals surface area contributed by atoms with E-state index >= 15 is 0 Å². The standard InChI is InChI=1S/C21H26N6O2/c1-14-5-3-4-6-17(14)19-12-20(27(2)25-19)24-21(28)23-13-16-11-18(26-29-16)15-7-9-22-10-8-15/h3-6,11-12,15,22H,7-10,13H2,1-2H3,(H2,23,24,28). The number of anilines is 1. The van der Waals surface area contributed by atoms with E-state index in [2.05, 4.69) is 26.2 Å². The predicted molar refractivity (Wildman–Crippen MR) is 111 cm³/mol. The second-order valence-corrected chi connectivity index (χ2v) is 7.40. The molecule has 0 aliphatic carbocycles. The Balaban J connectivity index is 1.34. The molecule has 4 rings (SSSR count). The van der Waals surface area contributed by atoms with E-state index in [4.69, 9.17) is 4.52 Å². The highest BCUT2D eigenvalue weighted by molar-refractivity contribution is 5.89. The number of carbonyl (C=O) groups is 1. The van der Waals surface area contributed by atoms with Gasteiger partial charge in [-0.2, -0.15) is 5.10 Å². The molecule has 29 heavy (non-hydrogen) atoms. The first-order valence-electron chi connectivity index (χ1n) is 9.91. The van der Waals surface area contributed by atoms with E-state index in [9.17, 15) is 4.79 Å². The van der Waals surface area contributed by atoms with Crippen LogP contribution in [-0.4, -0.2) is 34.1 Å². The smallest absolute Gasteiger partial charge is 0.320 e. The molecule has 152 valence electrons. The van der Waals surface area contributed by atoms with Crippen molar-refractivity contribution in [1.82, 2.24) is 25.6 Å². The van der Waals surface area contributed by atoms with E-state index in [1.54, 1.807) is 11.7 Å². The molecule has 8 nitrogen and oxygen atoms in total. The molecule has 8 heteroatoms. The van der Waals surface area contributed by atoms with Crippen LogP contribution in [0.2, 0.25) is 0 Å². The topological polar surface area (TPSA) is 97.0 Å². The summed E-state index contributed by atoms with van der Waals surface area (Å²) in [6.45, 7) is 4.33. The molecule has 1 aliphatic heterocycles. The average molecular weight is 394 g/mol. The molecule has 0 bridgehead atoms. The average Bonchev–Trinajstić information content (AvgIpc) is 3.35. The van der Waals surface area contributed by atoms with Gasteiger partial charge in [0.25, 0.3) is 0 Å².